The van der Waals surface area contributed by atoms with Gasteiger partial charge in [0.15, 0.2) is 0 Å². The number of rotatable bonds is 31. The van der Waals surface area contributed by atoms with Crippen molar-refractivity contribution in [2.24, 2.45) is 5.41 Å². The second-order valence-corrected chi connectivity index (χ2v) is 11.8. The van der Waals surface area contributed by atoms with Gasteiger partial charge in [-0.25, -0.2) is 0 Å². The lowest BCUT2D eigenvalue weighted by molar-refractivity contribution is -0.122. The Morgan fingerprint density at radius 1 is 0.432 bits per heavy atom. The highest BCUT2D eigenvalue weighted by atomic mass is 35.5. The van der Waals surface area contributed by atoms with Gasteiger partial charge in [-0.1, -0.05) is 134 Å². The monoisotopic (exact) mass is 534 g/mol. The molecule has 0 saturated carbocycles. The Hall–Kier alpha value is -0.820. The van der Waals surface area contributed by atoms with Gasteiger partial charge in [0.25, 0.3) is 0 Å². The molecule has 37 heavy (non-hydrogen) atoms. The van der Waals surface area contributed by atoms with Crippen LogP contribution in [0.5, 0.6) is 0 Å². The molecule has 0 rings (SSSR count). The minimum Gasteiger partial charge on any atom is -0.281 e. The third-order valence-electron chi connectivity index (χ3n) is 8.11. The van der Waals surface area contributed by atoms with Crippen molar-refractivity contribution in [1.29, 1.82) is 0 Å². The standard InChI is InChI=1S/C35H63ClO/c1-4-7-10-13-16-19-22-25-28-31-35(34(36)37,32-29-26-23-20-17-14-11-8-5-2)33-30-27-24-21-18-15-12-9-6-3/h4-6H,1-3,7-33H2. The van der Waals surface area contributed by atoms with Gasteiger partial charge in [0.2, 0.25) is 5.24 Å². The van der Waals surface area contributed by atoms with E-state index in [1.807, 2.05) is 18.2 Å². The molecule has 0 spiro atoms. The molecule has 0 saturated heterocycles. The summed E-state index contributed by atoms with van der Waals surface area (Å²) in [6, 6.07) is 0. The fourth-order valence-corrected chi connectivity index (χ4v) is 5.86. The molecule has 0 radical (unpaired) electrons. The number of hydrogen-bond acceptors (Lipinski definition) is 1. The van der Waals surface area contributed by atoms with Crippen LogP contribution in [-0.2, 0) is 4.79 Å². The maximum absolute atomic E-state index is 12.8. The fraction of sp³-hybridized carbons (Fsp3) is 0.800. The zero-order chi connectivity index (χ0) is 27.3. The Labute approximate surface area is 238 Å². The predicted molar refractivity (Wildman–Crippen MR) is 169 cm³/mol. The van der Waals surface area contributed by atoms with Crippen LogP contribution in [0.15, 0.2) is 38.0 Å². The molecule has 0 N–H and O–H groups in total. The van der Waals surface area contributed by atoms with Gasteiger partial charge in [-0.15, -0.1) is 19.7 Å². The molecular weight excluding hydrogens is 472 g/mol. The molecule has 0 aromatic heterocycles. The molecule has 0 aromatic rings. The lowest BCUT2D eigenvalue weighted by atomic mass is 9.75. The van der Waals surface area contributed by atoms with Gasteiger partial charge in [-0.3, -0.25) is 4.79 Å². The van der Waals surface area contributed by atoms with E-state index in [9.17, 15) is 4.79 Å². The van der Waals surface area contributed by atoms with E-state index < -0.39 is 0 Å². The normalized spacial score (nSPS) is 11.5. The average Bonchev–Trinajstić information content (AvgIpc) is 2.89. The minimum atomic E-state index is -0.278. The van der Waals surface area contributed by atoms with Crippen LogP contribution in [0, 0.1) is 5.41 Å². The minimum absolute atomic E-state index is 0.0502. The molecule has 2 heteroatoms. The van der Waals surface area contributed by atoms with Crippen molar-refractivity contribution in [2.45, 2.75) is 173 Å². The zero-order valence-corrected chi connectivity index (χ0v) is 25.5. The van der Waals surface area contributed by atoms with E-state index in [1.165, 1.54) is 116 Å². The molecule has 0 aliphatic heterocycles. The molecule has 0 aliphatic carbocycles. The van der Waals surface area contributed by atoms with Crippen molar-refractivity contribution in [3.05, 3.63) is 38.0 Å². The molecule has 0 unspecified atom stereocenters. The van der Waals surface area contributed by atoms with Gasteiger partial charge in [0, 0.05) is 5.41 Å². The summed E-state index contributed by atoms with van der Waals surface area (Å²) in [4.78, 5) is 12.8. The predicted octanol–water partition coefficient (Wildman–Crippen LogP) is 12.8. The van der Waals surface area contributed by atoms with Gasteiger partial charge < -0.3 is 0 Å². The van der Waals surface area contributed by atoms with Crippen LogP contribution in [0.25, 0.3) is 0 Å². The van der Waals surface area contributed by atoms with Crippen molar-refractivity contribution < 1.29 is 4.79 Å². The molecule has 216 valence electrons. The van der Waals surface area contributed by atoms with Gasteiger partial charge in [0.05, 0.1) is 0 Å². The number of hydrogen-bond donors (Lipinski definition) is 0. The van der Waals surface area contributed by atoms with E-state index in [0.717, 1.165) is 57.8 Å². The number of carbonyl (C=O) groups excluding carboxylic acids is 1. The number of carbonyl (C=O) groups is 1. The summed E-state index contributed by atoms with van der Waals surface area (Å²) in [5.41, 5.74) is -0.278. The Balaban J connectivity index is 4.44. The summed E-state index contributed by atoms with van der Waals surface area (Å²) in [6.45, 7) is 11.4. The third-order valence-corrected chi connectivity index (χ3v) is 8.51. The SMILES string of the molecule is C=CCCCCCCCCCC(CCCCCCCCCC=C)(CCCCCCCCCC=C)C(=O)Cl. The molecule has 0 bridgehead atoms. The maximum Gasteiger partial charge on any atom is 0.227 e. The van der Waals surface area contributed by atoms with Crippen molar-refractivity contribution in [1.82, 2.24) is 0 Å². The van der Waals surface area contributed by atoms with Gasteiger partial charge >= 0.3 is 0 Å². The largest absolute Gasteiger partial charge is 0.281 e. The summed E-state index contributed by atoms with van der Waals surface area (Å²) in [6.07, 6.45) is 39.2. The van der Waals surface area contributed by atoms with Crippen LogP contribution in [0.4, 0.5) is 0 Å². The Bertz CT molecular complexity index is 473. The van der Waals surface area contributed by atoms with E-state index in [1.54, 1.807) is 0 Å². The van der Waals surface area contributed by atoms with E-state index in [0.29, 0.717) is 0 Å². The molecule has 0 amide bonds. The first kappa shape index (κ1) is 36.2. The van der Waals surface area contributed by atoms with Gasteiger partial charge in [0.1, 0.15) is 0 Å². The molecule has 0 aliphatic rings. The summed E-state index contributed by atoms with van der Waals surface area (Å²) < 4.78 is 0. The first-order valence-electron chi connectivity index (χ1n) is 16.2. The van der Waals surface area contributed by atoms with Crippen molar-refractivity contribution in [3.8, 4) is 0 Å². The maximum atomic E-state index is 12.8. The number of halogens is 1. The van der Waals surface area contributed by atoms with Crippen molar-refractivity contribution >= 4 is 16.8 Å². The van der Waals surface area contributed by atoms with Crippen LogP contribution in [0.3, 0.4) is 0 Å². The highest BCUT2D eigenvalue weighted by Gasteiger charge is 2.35. The average molecular weight is 535 g/mol. The molecule has 0 aromatic carbocycles. The Kier molecular flexibility index (Phi) is 27.6. The summed E-state index contributed by atoms with van der Waals surface area (Å²) in [7, 11) is 0. The number of allylic oxidation sites excluding steroid dienone is 3. The second-order valence-electron chi connectivity index (χ2n) is 11.5. The summed E-state index contributed by atoms with van der Waals surface area (Å²) in [5.74, 6) is 0. The Morgan fingerprint density at radius 2 is 0.649 bits per heavy atom. The molecule has 0 atom stereocenters. The summed E-state index contributed by atoms with van der Waals surface area (Å²) in [5, 5.41) is -0.0502. The van der Waals surface area contributed by atoms with E-state index in [-0.39, 0.29) is 10.7 Å². The third kappa shape index (κ3) is 22.8. The van der Waals surface area contributed by atoms with Crippen LogP contribution in [0.2, 0.25) is 0 Å². The topological polar surface area (TPSA) is 17.1 Å². The lowest BCUT2D eigenvalue weighted by Crippen LogP contribution is -2.28. The highest BCUT2D eigenvalue weighted by Crippen LogP contribution is 2.39. The first-order valence-corrected chi connectivity index (χ1v) is 16.5. The van der Waals surface area contributed by atoms with Crippen LogP contribution in [-0.4, -0.2) is 5.24 Å². The van der Waals surface area contributed by atoms with Crippen LogP contribution in [0.1, 0.15) is 173 Å². The molecule has 0 fully saturated rings. The quantitative estimate of drug-likeness (QED) is 0.0490. The number of unbranched alkanes of at least 4 members (excludes halogenated alkanes) is 21. The van der Waals surface area contributed by atoms with Gasteiger partial charge in [-0.05, 0) is 69.4 Å². The fourth-order valence-electron chi connectivity index (χ4n) is 5.58. The van der Waals surface area contributed by atoms with Crippen LogP contribution < -0.4 is 0 Å². The summed E-state index contributed by atoms with van der Waals surface area (Å²) >= 11 is 6.37. The molecular formula is C35H63ClO. The smallest absolute Gasteiger partial charge is 0.227 e. The van der Waals surface area contributed by atoms with Crippen molar-refractivity contribution in [2.75, 3.05) is 0 Å². The van der Waals surface area contributed by atoms with E-state index >= 15 is 0 Å². The van der Waals surface area contributed by atoms with E-state index in [2.05, 4.69) is 19.7 Å². The highest BCUT2D eigenvalue weighted by molar-refractivity contribution is 6.64. The molecule has 0 heterocycles. The van der Waals surface area contributed by atoms with Gasteiger partial charge in [-0.2, -0.15) is 0 Å². The zero-order valence-electron chi connectivity index (χ0n) is 24.7. The lowest BCUT2D eigenvalue weighted by Gasteiger charge is -2.30. The van der Waals surface area contributed by atoms with E-state index in [4.69, 9.17) is 11.6 Å². The van der Waals surface area contributed by atoms with Crippen molar-refractivity contribution in [3.63, 3.8) is 0 Å². The van der Waals surface area contributed by atoms with Crippen LogP contribution >= 0.6 is 11.6 Å². The molecule has 1 nitrogen and oxygen atoms in total. The second kappa shape index (κ2) is 28.2. The Morgan fingerprint density at radius 3 is 0.865 bits per heavy atom. The first-order chi connectivity index (χ1) is 18.1.